The molecule has 4 aliphatic rings. The van der Waals surface area contributed by atoms with Crippen LogP contribution in [0.1, 0.15) is 50.2 Å². The van der Waals surface area contributed by atoms with E-state index in [-0.39, 0.29) is 63.6 Å². The minimum atomic E-state index is -4.75. The summed E-state index contributed by atoms with van der Waals surface area (Å²) in [5, 5.41) is 5.77. The van der Waals surface area contributed by atoms with Crippen molar-refractivity contribution >= 4 is 34.1 Å². The molecule has 1 aromatic carbocycles. The molecule has 4 atom stereocenters. The van der Waals surface area contributed by atoms with Crippen LogP contribution in [0.2, 0.25) is 5.02 Å². The summed E-state index contributed by atoms with van der Waals surface area (Å²) in [5.41, 5.74) is 8.07. The van der Waals surface area contributed by atoms with Crippen molar-refractivity contribution in [1.82, 2.24) is 25.2 Å². The fourth-order valence-corrected chi connectivity index (χ4v) is 8.23. The maximum atomic E-state index is 17.0. The summed E-state index contributed by atoms with van der Waals surface area (Å²) in [6.07, 6.45) is -1.06. The van der Waals surface area contributed by atoms with E-state index in [0.29, 0.717) is 25.3 Å². The average molecular weight is 693 g/mol. The predicted octanol–water partition coefficient (Wildman–Crippen LogP) is 4.81. The fourth-order valence-electron chi connectivity index (χ4n) is 7.83. The van der Waals surface area contributed by atoms with Crippen molar-refractivity contribution in [2.75, 3.05) is 57.1 Å². The van der Waals surface area contributed by atoms with Crippen molar-refractivity contribution < 1.29 is 31.8 Å². The molecule has 2 saturated heterocycles. The highest BCUT2D eigenvalue weighted by molar-refractivity contribution is 6.34. The molecule has 0 bridgehead atoms. The SMILES string of the molecule is C[C@@H](c1cccnc1N)C1(C)C[C@](N)(c2c(Cl)c3c4c(nc(OC[C@@]56CCCN5CCOC6)nc4c2F)NCCO3)NC=C1C(F)(F)F. The largest absolute Gasteiger partial charge is 0.489 e. The highest BCUT2D eigenvalue weighted by Gasteiger charge is 2.56. The van der Waals surface area contributed by atoms with Crippen LogP contribution in [0, 0.1) is 11.2 Å². The second-order valence-electron chi connectivity index (χ2n) is 13.3. The van der Waals surface area contributed by atoms with Crippen molar-refractivity contribution in [3.63, 3.8) is 0 Å². The lowest BCUT2D eigenvalue weighted by Crippen LogP contribution is -2.57. The number of benzene rings is 1. The van der Waals surface area contributed by atoms with E-state index >= 15 is 4.39 Å². The summed E-state index contributed by atoms with van der Waals surface area (Å²) in [6.45, 7) is 6.57. The lowest BCUT2D eigenvalue weighted by atomic mass is 9.62. The van der Waals surface area contributed by atoms with Crippen LogP contribution >= 0.6 is 11.6 Å². The molecule has 1 unspecified atom stereocenters. The number of hydrogen-bond donors (Lipinski definition) is 4. The van der Waals surface area contributed by atoms with Crippen LogP contribution in [0.4, 0.5) is 29.2 Å². The lowest BCUT2D eigenvalue weighted by molar-refractivity contribution is -0.114. The number of halogens is 5. The number of nitrogen functional groups attached to an aromatic ring is 1. The number of pyridine rings is 1. The van der Waals surface area contributed by atoms with Gasteiger partial charge in [0.05, 0.1) is 46.8 Å². The Labute approximate surface area is 279 Å². The first-order valence-electron chi connectivity index (χ1n) is 15.9. The molecule has 0 amide bonds. The van der Waals surface area contributed by atoms with E-state index in [0.717, 1.165) is 32.1 Å². The van der Waals surface area contributed by atoms with Crippen molar-refractivity contribution in [3.8, 4) is 11.8 Å². The van der Waals surface area contributed by atoms with Crippen LogP contribution in [-0.4, -0.2) is 77.6 Å². The molecule has 0 radical (unpaired) electrons. The van der Waals surface area contributed by atoms with Crippen LogP contribution in [0.3, 0.4) is 0 Å². The maximum absolute atomic E-state index is 17.0. The number of nitrogens with two attached hydrogens (primary N) is 2. The van der Waals surface area contributed by atoms with Crippen LogP contribution in [0.15, 0.2) is 30.1 Å². The smallest absolute Gasteiger partial charge is 0.414 e. The standard InChI is InChI=1S/C32H37ClF4N8O3/c1-17(18-5-3-7-40-26(18)38)29(2)14-31(39,42-13-19(29)32(35,36)37)21-22(33)25-20-24(23(21)34)43-28(44-27(20)41-8-11-47-25)48-16-30-6-4-9-45(30)10-12-46-15-30/h3,5,7,13,17,42H,4,6,8-12,14-16,39H2,1-2H3,(H2,38,40)(H,41,43,44)/t17-,29?,30-,31+/m0/s1. The zero-order chi connectivity index (χ0) is 34.1. The Kier molecular flexibility index (Phi) is 8.04. The van der Waals surface area contributed by atoms with Gasteiger partial charge in [0.1, 0.15) is 36.0 Å². The molecule has 11 nitrogen and oxygen atoms in total. The van der Waals surface area contributed by atoms with Crippen LogP contribution in [0.25, 0.3) is 10.9 Å². The van der Waals surface area contributed by atoms with E-state index < -0.39 is 41.0 Å². The first-order valence-corrected chi connectivity index (χ1v) is 16.3. The number of fused-ring (bicyclic) bond motifs is 1. The highest BCUT2D eigenvalue weighted by Crippen LogP contribution is 2.57. The lowest BCUT2D eigenvalue weighted by Gasteiger charge is -2.49. The van der Waals surface area contributed by atoms with E-state index in [9.17, 15) is 13.2 Å². The number of nitrogens with zero attached hydrogens (tertiary/aromatic N) is 4. The molecule has 3 aromatic rings. The van der Waals surface area contributed by atoms with Gasteiger partial charge in [-0.25, -0.2) is 9.37 Å². The van der Waals surface area contributed by atoms with E-state index in [2.05, 4.69) is 30.5 Å². The Morgan fingerprint density at radius 1 is 1.23 bits per heavy atom. The number of rotatable bonds is 6. The molecular weight excluding hydrogens is 656 g/mol. The van der Waals surface area contributed by atoms with Crippen molar-refractivity contribution in [2.24, 2.45) is 11.1 Å². The van der Waals surface area contributed by atoms with Crippen molar-refractivity contribution in [3.05, 3.63) is 52.1 Å². The third-order valence-electron chi connectivity index (χ3n) is 10.5. The summed E-state index contributed by atoms with van der Waals surface area (Å²) in [5.74, 6) is -1.37. The van der Waals surface area contributed by atoms with E-state index in [4.69, 9.17) is 37.3 Å². The van der Waals surface area contributed by atoms with Gasteiger partial charge in [-0.05, 0) is 43.4 Å². The van der Waals surface area contributed by atoms with Crippen molar-refractivity contribution in [1.29, 1.82) is 0 Å². The minimum absolute atomic E-state index is 0.0688. The third-order valence-corrected chi connectivity index (χ3v) is 10.8. The van der Waals surface area contributed by atoms with Gasteiger partial charge in [0, 0.05) is 24.4 Å². The number of nitrogens with one attached hydrogen (secondary N) is 2. The fraction of sp³-hybridized carbons (Fsp3) is 0.531. The van der Waals surface area contributed by atoms with Crippen LogP contribution < -0.4 is 31.6 Å². The normalized spacial score (nSPS) is 28.0. The van der Waals surface area contributed by atoms with Gasteiger partial charge in [-0.3, -0.25) is 4.90 Å². The summed E-state index contributed by atoms with van der Waals surface area (Å²) in [7, 11) is 0. The third kappa shape index (κ3) is 5.26. The molecule has 48 heavy (non-hydrogen) atoms. The average Bonchev–Trinajstić information content (AvgIpc) is 3.35. The molecule has 0 spiro atoms. The monoisotopic (exact) mass is 692 g/mol. The molecule has 0 saturated carbocycles. The Hall–Kier alpha value is -3.66. The molecule has 2 fully saturated rings. The summed E-state index contributed by atoms with van der Waals surface area (Å²) >= 11 is 6.91. The van der Waals surface area contributed by atoms with Gasteiger partial charge in [0.2, 0.25) is 0 Å². The number of morpholine rings is 1. The van der Waals surface area contributed by atoms with Gasteiger partial charge in [0.15, 0.2) is 11.6 Å². The highest BCUT2D eigenvalue weighted by atomic mass is 35.5. The zero-order valence-electron chi connectivity index (χ0n) is 26.5. The number of allylic oxidation sites excluding steroid dienone is 1. The number of hydrogen-bond acceptors (Lipinski definition) is 11. The molecule has 2 aromatic heterocycles. The Balaban J connectivity index is 1.34. The molecular formula is C32H37ClF4N8O3. The molecule has 6 heterocycles. The molecule has 6 N–H and O–H groups in total. The first-order chi connectivity index (χ1) is 22.8. The second-order valence-corrected chi connectivity index (χ2v) is 13.7. The Bertz CT molecular complexity index is 1800. The minimum Gasteiger partial charge on any atom is -0.489 e. The second kappa shape index (κ2) is 11.7. The molecule has 16 heteroatoms. The quantitative estimate of drug-likeness (QED) is 0.264. The number of aromatic nitrogens is 3. The van der Waals surface area contributed by atoms with Crippen LogP contribution in [0.5, 0.6) is 11.8 Å². The van der Waals surface area contributed by atoms with Gasteiger partial charge >= 0.3 is 12.2 Å². The predicted molar refractivity (Wildman–Crippen MR) is 171 cm³/mol. The van der Waals surface area contributed by atoms with E-state index in [1.165, 1.54) is 13.1 Å². The van der Waals surface area contributed by atoms with Gasteiger partial charge in [-0.1, -0.05) is 31.5 Å². The summed E-state index contributed by atoms with van der Waals surface area (Å²) < 4.78 is 78.8. The Morgan fingerprint density at radius 2 is 2.04 bits per heavy atom. The van der Waals surface area contributed by atoms with Crippen molar-refractivity contribution in [2.45, 2.75) is 56.4 Å². The topological polar surface area (TPSA) is 146 Å². The summed E-state index contributed by atoms with van der Waals surface area (Å²) in [4.78, 5) is 15.4. The zero-order valence-corrected chi connectivity index (χ0v) is 27.3. The molecule has 7 rings (SSSR count). The van der Waals surface area contributed by atoms with Gasteiger partial charge in [-0.15, -0.1) is 0 Å². The number of alkyl halides is 3. The van der Waals surface area contributed by atoms with Gasteiger partial charge in [-0.2, -0.15) is 23.1 Å². The molecule has 0 aliphatic carbocycles. The van der Waals surface area contributed by atoms with E-state index in [1.54, 1.807) is 19.1 Å². The number of ether oxygens (including phenoxy) is 3. The first kappa shape index (κ1) is 32.9. The van der Waals surface area contributed by atoms with Gasteiger partial charge < -0.3 is 36.3 Å². The molecule has 258 valence electrons. The number of anilines is 2. The molecule has 4 aliphatic heterocycles. The van der Waals surface area contributed by atoms with Crippen LogP contribution in [-0.2, 0) is 10.4 Å². The van der Waals surface area contributed by atoms with Gasteiger partial charge in [0.25, 0.3) is 0 Å². The summed E-state index contributed by atoms with van der Waals surface area (Å²) in [6, 6.07) is 3.14. The maximum Gasteiger partial charge on any atom is 0.414 e. The van der Waals surface area contributed by atoms with E-state index in [1.807, 2.05) is 0 Å². The Morgan fingerprint density at radius 3 is 2.81 bits per heavy atom.